The molecule has 0 aliphatic carbocycles. The average Bonchev–Trinajstić information content (AvgIpc) is 2.91. The summed E-state index contributed by atoms with van der Waals surface area (Å²) in [6.45, 7) is 15.6. The van der Waals surface area contributed by atoms with Crippen LogP contribution in [0.4, 0.5) is 0 Å². The van der Waals surface area contributed by atoms with Crippen LogP contribution in [-0.4, -0.2) is 40.4 Å². The van der Waals surface area contributed by atoms with Crippen LogP contribution < -0.4 is 10.6 Å². The molecule has 0 amide bonds. The Morgan fingerprint density at radius 1 is 1.36 bits per heavy atom. The van der Waals surface area contributed by atoms with E-state index in [1.165, 1.54) is 0 Å². The standard InChI is InChI=1S/C16H30N6/c1-6-15-21-20-12-22(15)10-9-18-16(19-11-14(4)5)17-8-7-13(2)3/h12-13H,4,6-11H2,1-3,5H3,(H2,17,18,19). The molecule has 124 valence electrons. The molecule has 1 aromatic heterocycles. The van der Waals surface area contributed by atoms with Crippen molar-refractivity contribution in [3.63, 3.8) is 0 Å². The van der Waals surface area contributed by atoms with Gasteiger partial charge in [0.25, 0.3) is 0 Å². The lowest BCUT2D eigenvalue weighted by atomic mass is 10.1. The summed E-state index contributed by atoms with van der Waals surface area (Å²) in [7, 11) is 0. The number of guanidine groups is 1. The SMILES string of the molecule is C=C(C)CN=C(NCCC(C)C)NCCn1cnnc1CC. The Hall–Kier alpha value is -1.85. The first-order valence-corrected chi connectivity index (χ1v) is 8.06. The zero-order chi connectivity index (χ0) is 16.4. The molecular formula is C16H30N6. The van der Waals surface area contributed by atoms with E-state index in [0.29, 0.717) is 12.5 Å². The van der Waals surface area contributed by atoms with Gasteiger partial charge in [-0.2, -0.15) is 0 Å². The Morgan fingerprint density at radius 2 is 2.09 bits per heavy atom. The van der Waals surface area contributed by atoms with Gasteiger partial charge in [0.2, 0.25) is 0 Å². The Balaban J connectivity index is 2.45. The van der Waals surface area contributed by atoms with Crippen molar-refractivity contribution in [3.05, 3.63) is 24.3 Å². The molecule has 6 nitrogen and oxygen atoms in total. The second kappa shape index (κ2) is 9.97. The van der Waals surface area contributed by atoms with Crippen molar-refractivity contribution in [1.82, 2.24) is 25.4 Å². The fourth-order valence-corrected chi connectivity index (χ4v) is 1.90. The molecule has 0 atom stereocenters. The quantitative estimate of drug-likeness (QED) is 0.416. The van der Waals surface area contributed by atoms with E-state index in [2.05, 4.69) is 57.7 Å². The monoisotopic (exact) mass is 306 g/mol. The summed E-state index contributed by atoms with van der Waals surface area (Å²) in [6.07, 6.45) is 3.79. The lowest BCUT2D eigenvalue weighted by Gasteiger charge is -2.14. The van der Waals surface area contributed by atoms with E-state index >= 15 is 0 Å². The van der Waals surface area contributed by atoms with Crippen LogP contribution in [0.15, 0.2) is 23.5 Å². The molecule has 6 heteroatoms. The van der Waals surface area contributed by atoms with Crippen molar-refractivity contribution < 1.29 is 0 Å². The van der Waals surface area contributed by atoms with E-state index in [4.69, 9.17) is 0 Å². The van der Waals surface area contributed by atoms with Crippen LogP contribution in [0.1, 0.15) is 39.9 Å². The number of aromatic nitrogens is 3. The highest BCUT2D eigenvalue weighted by molar-refractivity contribution is 5.79. The van der Waals surface area contributed by atoms with E-state index < -0.39 is 0 Å². The van der Waals surface area contributed by atoms with Crippen molar-refractivity contribution >= 4 is 5.96 Å². The second-order valence-corrected chi connectivity index (χ2v) is 5.95. The first kappa shape index (κ1) is 18.2. The normalized spacial score (nSPS) is 11.8. The van der Waals surface area contributed by atoms with Crippen molar-refractivity contribution in [2.45, 2.75) is 47.1 Å². The summed E-state index contributed by atoms with van der Waals surface area (Å²) in [5.41, 5.74) is 1.05. The summed E-state index contributed by atoms with van der Waals surface area (Å²) in [6, 6.07) is 0. The third kappa shape index (κ3) is 7.24. The van der Waals surface area contributed by atoms with Gasteiger partial charge < -0.3 is 15.2 Å². The third-order valence-electron chi connectivity index (χ3n) is 3.18. The Labute approximate surface area is 134 Å². The van der Waals surface area contributed by atoms with Gasteiger partial charge in [-0.05, 0) is 19.3 Å². The van der Waals surface area contributed by atoms with Crippen LogP contribution in [0.25, 0.3) is 0 Å². The van der Waals surface area contributed by atoms with Crippen LogP contribution >= 0.6 is 0 Å². The highest BCUT2D eigenvalue weighted by Gasteiger charge is 2.03. The average molecular weight is 306 g/mol. The summed E-state index contributed by atoms with van der Waals surface area (Å²) in [5.74, 6) is 2.53. The smallest absolute Gasteiger partial charge is 0.191 e. The molecule has 0 aromatic carbocycles. The molecule has 0 saturated carbocycles. The predicted molar refractivity (Wildman–Crippen MR) is 92.0 cm³/mol. The molecule has 22 heavy (non-hydrogen) atoms. The molecule has 0 radical (unpaired) electrons. The zero-order valence-electron chi connectivity index (χ0n) is 14.4. The number of hydrogen-bond acceptors (Lipinski definition) is 3. The largest absolute Gasteiger partial charge is 0.356 e. The number of aryl methyl sites for hydroxylation is 1. The van der Waals surface area contributed by atoms with Gasteiger partial charge in [0.15, 0.2) is 5.96 Å². The topological polar surface area (TPSA) is 67.1 Å². The summed E-state index contributed by atoms with van der Waals surface area (Å²) in [4.78, 5) is 4.54. The molecular weight excluding hydrogens is 276 g/mol. The highest BCUT2D eigenvalue weighted by Crippen LogP contribution is 1.97. The second-order valence-electron chi connectivity index (χ2n) is 5.95. The molecule has 0 aliphatic rings. The van der Waals surface area contributed by atoms with Crippen LogP contribution in [0, 0.1) is 5.92 Å². The van der Waals surface area contributed by atoms with E-state index in [0.717, 1.165) is 49.8 Å². The van der Waals surface area contributed by atoms with E-state index in [1.807, 2.05) is 6.92 Å². The first-order chi connectivity index (χ1) is 10.5. The number of rotatable bonds is 9. The Bertz CT molecular complexity index is 475. The molecule has 1 rings (SSSR count). The maximum atomic E-state index is 4.54. The Morgan fingerprint density at radius 3 is 2.73 bits per heavy atom. The molecule has 0 spiro atoms. The van der Waals surface area contributed by atoms with Gasteiger partial charge in [0.1, 0.15) is 12.2 Å². The first-order valence-electron chi connectivity index (χ1n) is 8.06. The van der Waals surface area contributed by atoms with E-state index in [1.54, 1.807) is 6.33 Å². The number of hydrogen-bond donors (Lipinski definition) is 2. The minimum absolute atomic E-state index is 0.643. The number of nitrogens with one attached hydrogen (secondary N) is 2. The van der Waals surface area contributed by atoms with Crippen LogP contribution in [0.5, 0.6) is 0 Å². The lowest BCUT2D eigenvalue weighted by molar-refractivity contribution is 0.570. The maximum absolute atomic E-state index is 4.54. The number of nitrogens with zero attached hydrogens (tertiary/aromatic N) is 4. The van der Waals surface area contributed by atoms with Gasteiger partial charge >= 0.3 is 0 Å². The van der Waals surface area contributed by atoms with E-state index in [9.17, 15) is 0 Å². The maximum Gasteiger partial charge on any atom is 0.191 e. The zero-order valence-corrected chi connectivity index (χ0v) is 14.4. The van der Waals surface area contributed by atoms with Crippen molar-refractivity contribution in [3.8, 4) is 0 Å². The third-order valence-corrected chi connectivity index (χ3v) is 3.18. The lowest BCUT2D eigenvalue weighted by Crippen LogP contribution is -2.40. The fraction of sp³-hybridized carbons (Fsp3) is 0.688. The molecule has 1 heterocycles. The van der Waals surface area contributed by atoms with Crippen molar-refractivity contribution in [2.75, 3.05) is 19.6 Å². The minimum atomic E-state index is 0.643. The molecule has 1 aromatic rings. The fourth-order valence-electron chi connectivity index (χ4n) is 1.90. The van der Waals surface area contributed by atoms with Crippen LogP contribution in [-0.2, 0) is 13.0 Å². The van der Waals surface area contributed by atoms with E-state index in [-0.39, 0.29) is 0 Å². The molecule has 0 fully saturated rings. The molecule has 0 aliphatic heterocycles. The van der Waals surface area contributed by atoms with Crippen molar-refractivity contribution in [2.24, 2.45) is 10.9 Å². The minimum Gasteiger partial charge on any atom is -0.356 e. The van der Waals surface area contributed by atoms with Gasteiger partial charge in [-0.25, -0.2) is 4.99 Å². The molecule has 0 bridgehead atoms. The van der Waals surface area contributed by atoms with Crippen LogP contribution in [0.3, 0.4) is 0 Å². The molecule has 0 unspecified atom stereocenters. The molecule has 0 saturated heterocycles. The van der Waals surface area contributed by atoms with Crippen LogP contribution in [0.2, 0.25) is 0 Å². The summed E-state index contributed by atoms with van der Waals surface area (Å²) >= 11 is 0. The summed E-state index contributed by atoms with van der Waals surface area (Å²) < 4.78 is 2.07. The predicted octanol–water partition coefficient (Wildman–Crippen LogP) is 2.00. The molecule has 2 N–H and O–H groups in total. The van der Waals surface area contributed by atoms with Gasteiger partial charge in [-0.1, -0.05) is 32.9 Å². The number of aliphatic imine (C=N–C) groups is 1. The van der Waals surface area contributed by atoms with Gasteiger partial charge in [-0.15, -0.1) is 10.2 Å². The summed E-state index contributed by atoms with van der Waals surface area (Å²) in [5, 5.41) is 14.8. The van der Waals surface area contributed by atoms with Crippen molar-refractivity contribution in [1.29, 1.82) is 0 Å². The van der Waals surface area contributed by atoms with Gasteiger partial charge in [-0.3, -0.25) is 0 Å². The highest BCUT2D eigenvalue weighted by atomic mass is 15.3. The Kier molecular flexibility index (Phi) is 8.25. The van der Waals surface area contributed by atoms with Gasteiger partial charge in [0, 0.05) is 26.1 Å². The van der Waals surface area contributed by atoms with Gasteiger partial charge in [0.05, 0.1) is 6.54 Å².